The Morgan fingerprint density at radius 1 is 0.744 bits per heavy atom. The first-order valence-electron chi connectivity index (χ1n) is 15.3. The van der Waals surface area contributed by atoms with Crippen LogP contribution in [0.25, 0.3) is 0 Å². The van der Waals surface area contributed by atoms with E-state index in [4.69, 9.17) is 0 Å². The number of rotatable bonds is 9. The van der Waals surface area contributed by atoms with Crippen LogP contribution in [0.15, 0.2) is 48.5 Å². The van der Waals surface area contributed by atoms with Crippen LogP contribution >= 0.6 is 0 Å². The van der Waals surface area contributed by atoms with Crippen molar-refractivity contribution in [3.05, 3.63) is 59.7 Å². The summed E-state index contributed by atoms with van der Waals surface area (Å²) in [5.74, 6) is 2.60. The van der Waals surface area contributed by atoms with Gasteiger partial charge in [0.25, 0.3) is 0 Å². The third-order valence-corrected chi connectivity index (χ3v) is 11.8. The number of piperidine rings is 2. The van der Waals surface area contributed by atoms with E-state index < -0.39 is 20.0 Å². The number of carbonyl (C=O) groups excluding carboxylic acids is 1. The smallest absolute Gasteiger partial charge is 0.229 e. The van der Waals surface area contributed by atoms with Gasteiger partial charge in [-0.1, -0.05) is 45.0 Å². The quantitative estimate of drug-likeness (QED) is 0.431. The van der Waals surface area contributed by atoms with E-state index >= 15 is 0 Å². The summed E-state index contributed by atoms with van der Waals surface area (Å²) in [6.45, 7) is 13.4. The van der Waals surface area contributed by atoms with Gasteiger partial charge in [0, 0.05) is 55.3 Å². The minimum absolute atomic E-state index is 0.0984. The molecule has 2 aromatic carbocycles. The summed E-state index contributed by atoms with van der Waals surface area (Å²) in [5.41, 5.74) is 4.13. The molecule has 2 aliphatic heterocycles. The molecule has 236 valence electrons. The van der Waals surface area contributed by atoms with E-state index in [0.29, 0.717) is 23.2 Å². The SMILES string of the molecule is CCC1(c2cccc(NS(C)(=O)=O)c2)C2CN(C(C)=O)CC21.CCN1CC2C(C1)C2(CC)c1cccc(NS(C)(=O)=O)c1. The summed E-state index contributed by atoms with van der Waals surface area (Å²) in [5, 5.41) is 0. The molecule has 2 saturated carbocycles. The van der Waals surface area contributed by atoms with E-state index in [1.165, 1.54) is 30.5 Å². The van der Waals surface area contributed by atoms with Crippen LogP contribution in [0.2, 0.25) is 0 Å². The molecule has 2 aliphatic carbocycles. The van der Waals surface area contributed by atoms with E-state index in [1.807, 2.05) is 35.2 Å². The number of nitrogens with one attached hydrogen (secondary N) is 2. The molecule has 2 N–H and O–H groups in total. The van der Waals surface area contributed by atoms with Gasteiger partial charge in [0.1, 0.15) is 0 Å². The second-order valence-electron chi connectivity index (χ2n) is 12.9. The summed E-state index contributed by atoms with van der Waals surface area (Å²) < 4.78 is 50.8. The number of likely N-dealkylation sites (tertiary alicyclic amines) is 2. The molecule has 4 aliphatic rings. The first-order chi connectivity index (χ1) is 20.2. The van der Waals surface area contributed by atoms with Crippen molar-refractivity contribution >= 4 is 37.3 Å². The van der Waals surface area contributed by atoms with Crippen molar-refractivity contribution in [2.75, 3.05) is 54.7 Å². The van der Waals surface area contributed by atoms with Crippen molar-refractivity contribution in [1.82, 2.24) is 9.80 Å². The molecular formula is C32H46N4O5S2. The van der Waals surface area contributed by atoms with Gasteiger partial charge < -0.3 is 9.80 Å². The molecule has 0 spiro atoms. The maximum atomic E-state index is 11.5. The number of benzene rings is 2. The number of fused-ring (bicyclic) bond motifs is 2. The molecule has 4 atom stereocenters. The van der Waals surface area contributed by atoms with Crippen molar-refractivity contribution in [3.63, 3.8) is 0 Å². The lowest BCUT2D eigenvalue weighted by molar-refractivity contribution is -0.128. The van der Waals surface area contributed by atoms with Crippen molar-refractivity contribution in [1.29, 1.82) is 0 Å². The molecule has 2 heterocycles. The predicted octanol–water partition coefficient (Wildman–Crippen LogP) is 4.10. The fourth-order valence-corrected chi connectivity index (χ4v) is 9.66. The number of nitrogens with zero attached hydrogens (tertiary/aromatic N) is 2. The van der Waals surface area contributed by atoms with Gasteiger partial charge in [-0.05, 0) is 78.5 Å². The highest BCUT2D eigenvalue weighted by Crippen LogP contribution is 2.66. The maximum absolute atomic E-state index is 11.5. The zero-order valence-electron chi connectivity index (χ0n) is 26.1. The van der Waals surface area contributed by atoms with Gasteiger partial charge in [-0.25, -0.2) is 16.8 Å². The molecule has 2 aromatic rings. The fraction of sp³-hybridized carbons (Fsp3) is 0.594. The molecule has 4 unspecified atom stereocenters. The zero-order valence-corrected chi connectivity index (χ0v) is 27.8. The maximum Gasteiger partial charge on any atom is 0.229 e. The minimum Gasteiger partial charge on any atom is -0.342 e. The number of anilines is 2. The number of sulfonamides is 2. The second kappa shape index (κ2) is 11.4. The average molecular weight is 631 g/mol. The summed E-state index contributed by atoms with van der Waals surface area (Å²) >= 11 is 0. The number of carbonyl (C=O) groups is 1. The summed E-state index contributed by atoms with van der Waals surface area (Å²) in [7, 11) is -6.48. The lowest BCUT2D eigenvalue weighted by Crippen LogP contribution is -2.33. The molecule has 6 rings (SSSR count). The van der Waals surface area contributed by atoms with Crippen LogP contribution < -0.4 is 9.44 Å². The Bertz CT molecular complexity index is 1570. The Morgan fingerprint density at radius 2 is 1.14 bits per heavy atom. The first-order valence-corrected chi connectivity index (χ1v) is 19.1. The molecule has 2 saturated heterocycles. The molecule has 1 amide bonds. The Hall–Kier alpha value is -2.63. The van der Waals surface area contributed by atoms with Crippen LogP contribution in [-0.4, -0.2) is 77.8 Å². The van der Waals surface area contributed by atoms with Crippen molar-refractivity contribution in [2.24, 2.45) is 23.7 Å². The van der Waals surface area contributed by atoms with Crippen LogP contribution in [0, 0.1) is 23.7 Å². The molecule has 43 heavy (non-hydrogen) atoms. The van der Waals surface area contributed by atoms with Crippen LogP contribution in [-0.2, 0) is 35.7 Å². The Kier molecular flexibility index (Phi) is 8.41. The number of amides is 1. The summed E-state index contributed by atoms with van der Waals surface area (Å²) in [6.07, 6.45) is 4.49. The third-order valence-electron chi connectivity index (χ3n) is 10.6. The van der Waals surface area contributed by atoms with Crippen LogP contribution in [0.3, 0.4) is 0 Å². The fourth-order valence-electron chi connectivity index (χ4n) is 8.55. The van der Waals surface area contributed by atoms with Gasteiger partial charge in [0.15, 0.2) is 0 Å². The first kappa shape index (κ1) is 31.8. The van der Waals surface area contributed by atoms with Crippen molar-refractivity contribution in [3.8, 4) is 0 Å². The van der Waals surface area contributed by atoms with E-state index in [2.05, 4.69) is 47.2 Å². The molecule has 0 bridgehead atoms. The Labute approximate surface area is 257 Å². The second-order valence-corrected chi connectivity index (χ2v) is 16.4. The van der Waals surface area contributed by atoms with Crippen LogP contribution in [0.5, 0.6) is 0 Å². The Balaban J connectivity index is 0.000000171. The summed E-state index contributed by atoms with van der Waals surface area (Å²) in [6, 6.07) is 15.7. The molecule has 11 heteroatoms. The van der Waals surface area contributed by atoms with Gasteiger partial charge in [0.05, 0.1) is 12.5 Å². The average Bonchev–Trinajstić information content (AvgIpc) is 3.49. The van der Waals surface area contributed by atoms with E-state index in [9.17, 15) is 21.6 Å². The van der Waals surface area contributed by atoms with Gasteiger partial charge in [-0.2, -0.15) is 0 Å². The molecule has 9 nitrogen and oxygen atoms in total. The standard InChI is InChI=1S/C16H22N2O3S.C16H24N2O2S/c1-4-16(14-9-18(11(2)19)10-15(14)16)12-6-5-7-13(8-12)17-22(3,20)21;1-4-16(14-10-18(5-2)11-15(14)16)12-7-6-8-13(9-12)17-21(3,19)20/h5-8,14-15,17H,4,9-10H2,1-3H3;6-9,14-15,17H,4-5,10-11H2,1-3H3. The van der Waals surface area contributed by atoms with E-state index in [0.717, 1.165) is 50.6 Å². The van der Waals surface area contributed by atoms with Gasteiger partial charge in [0.2, 0.25) is 26.0 Å². The highest BCUT2D eigenvalue weighted by atomic mass is 32.2. The van der Waals surface area contributed by atoms with Gasteiger partial charge in [-0.15, -0.1) is 0 Å². The van der Waals surface area contributed by atoms with Crippen LogP contribution in [0.4, 0.5) is 11.4 Å². The molecule has 0 radical (unpaired) electrons. The minimum atomic E-state index is -3.27. The van der Waals surface area contributed by atoms with Gasteiger partial charge in [-0.3, -0.25) is 14.2 Å². The summed E-state index contributed by atoms with van der Waals surface area (Å²) in [4.78, 5) is 15.9. The largest absolute Gasteiger partial charge is 0.342 e. The van der Waals surface area contributed by atoms with E-state index in [-0.39, 0.29) is 16.7 Å². The lowest BCUT2D eigenvalue weighted by Gasteiger charge is -2.26. The molecule has 0 aromatic heterocycles. The highest BCUT2D eigenvalue weighted by Gasteiger charge is 2.68. The van der Waals surface area contributed by atoms with E-state index in [1.54, 1.807) is 13.0 Å². The number of hydrogen-bond donors (Lipinski definition) is 2. The zero-order chi connectivity index (χ0) is 31.4. The Morgan fingerprint density at radius 3 is 1.47 bits per heavy atom. The van der Waals surface area contributed by atoms with Crippen LogP contribution in [0.1, 0.15) is 51.7 Å². The lowest BCUT2D eigenvalue weighted by atomic mass is 9.87. The molecular weight excluding hydrogens is 585 g/mol. The van der Waals surface area contributed by atoms with Crippen molar-refractivity contribution in [2.45, 2.75) is 51.4 Å². The highest BCUT2D eigenvalue weighted by molar-refractivity contribution is 7.92. The monoisotopic (exact) mass is 630 g/mol. The topological polar surface area (TPSA) is 116 Å². The van der Waals surface area contributed by atoms with Gasteiger partial charge >= 0.3 is 0 Å². The number of hydrogen-bond acceptors (Lipinski definition) is 6. The molecule has 4 fully saturated rings. The predicted molar refractivity (Wildman–Crippen MR) is 172 cm³/mol. The normalized spacial score (nSPS) is 31.0. The van der Waals surface area contributed by atoms with Crippen molar-refractivity contribution < 1.29 is 21.6 Å². The third kappa shape index (κ3) is 6.04.